The van der Waals surface area contributed by atoms with E-state index in [2.05, 4.69) is 27.2 Å². The lowest BCUT2D eigenvalue weighted by Gasteiger charge is -2.11. The van der Waals surface area contributed by atoms with Crippen LogP contribution in [0.5, 0.6) is 5.75 Å². The Bertz CT molecular complexity index is 994. The van der Waals surface area contributed by atoms with Crippen molar-refractivity contribution in [2.45, 2.75) is 0 Å². The number of amides is 1. The number of phenols is 1. The van der Waals surface area contributed by atoms with Crippen LogP contribution in [0.2, 0.25) is 5.02 Å². The van der Waals surface area contributed by atoms with E-state index >= 15 is 0 Å². The molecule has 6 nitrogen and oxygen atoms in total. The Kier molecular flexibility index (Phi) is 4.49. The summed E-state index contributed by atoms with van der Waals surface area (Å²) >= 11 is 5.78. The molecule has 25 heavy (non-hydrogen) atoms. The van der Waals surface area contributed by atoms with Gasteiger partial charge in [0.15, 0.2) is 0 Å². The molecule has 8 heteroatoms. The van der Waals surface area contributed by atoms with Gasteiger partial charge in [-0.1, -0.05) is 18.2 Å². The lowest BCUT2D eigenvalue weighted by atomic mass is 10.2. The summed E-state index contributed by atoms with van der Waals surface area (Å²) < 4.78 is 13.3. The molecule has 1 heterocycles. The van der Waals surface area contributed by atoms with Crippen LogP contribution in [-0.2, 0) is 4.79 Å². The molecule has 0 aliphatic heterocycles. The quantitative estimate of drug-likeness (QED) is 0.485. The average Bonchev–Trinajstić information content (AvgIpc) is 2.59. The fourth-order valence-corrected chi connectivity index (χ4v) is 2.37. The zero-order valence-corrected chi connectivity index (χ0v) is 13.5. The fourth-order valence-electron chi connectivity index (χ4n) is 2.19. The molecule has 0 aliphatic carbocycles. The number of carbonyl (C=O) groups is 1. The maximum atomic E-state index is 13.3. The average molecular weight is 359 g/mol. The Morgan fingerprint density at radius 3 is 2.80 bits per heavy atom. The molecular weight excluding hydrogens is 347 g/mol. The zero-order valence-electron chi connectivity index (χ0n) is 12.8. The number of hydrogen-bond donors (Lipinski definition) is 3. The maximum Gasteiger partial charge on any atom is 0.247 e. The lowest BCUT2D eigenvalue weighted by Crippen LogP contribution is -2.07. The van der Waals surface area contributed by atoms with Gasteiger partial charge in [0, 0.05) is 17.1 Å². The second-order valence-corrected chi connectivity index (χ2v) is 5.46. The number of carbonyl (C=O) groups excluding carboxylic acids is 1. The molecule has 3 aromatic rings. The molecule has 0 spiro atoms. The van der Waals surface area contributed by atoms with E-state index in [1.54, 1.807) is 0 Å². The van der Waals surface area contributed by atoms with E-state index < -0.39 is 11.7 Å². The number of benzene rings is 2. The van der Waals surface area contributed by atoms with Gasteiger partial charge in [0.2, 0.25) is 5.91 Å². The summed E-state index contributed by atoms with van der Waals surface area (Å²) in [6.07, 6.45) is 2.40. The van der Waals surface area contributed by atoms with E-state index in [1.165, 1.54) is 36.7 Å². The summed E-state index contributed by atoms with van der Waals surface area (Å²) in [5.74, 6) is -0.732. The highest BCUT2D eigenvalue weighted by molar-refractivity contribution is 6.31. The van der Waals surface area contributed by atoms with Crippen molar-refractivity contribution in [1.82, 2.24) is 9.97 Å². The van der Waals surface area contributed by atoms with Crippen LogP contribution in [0.3, 0.4) is 0 Å². The molecule has 3 N–H and O–H groups in total. The summed E-state index contributed by atoms with van der Waals surface area (Å²) in [4.78, 5) is 19.7. The molecule has 0 saturated carbocycles. The third kappa shape index (κ3) is 3.51. The van der Waals surface area contributed by atoms with Crippen LogP contribution < -0.4 is 10.6 Å². The Morgan fingerprint density at radius 1 is 1.28 bits per heavy atom. The minimum absolute atomic E-state index is 0.0278. The highest BCUT2D eigenvalue weighted by atomic mass is 35.5. The van der Waals surface area contributed by atoms with Gasteiger partial charge in [0.1, 0.15) is 23.7 Å². The summed E-state index contributed by atoms with van der Waals surface area (Å²) in [5, 5.41) is 16.0. The first-order valence-electron chi connectivity index (χ1n) is 7.11. The molecule has 0 bridgehead atoms. The van der Waals surface area contributed by atoms with Gasteiger partial charge in [-0.25, -0.2) is 14.4 Å². The van der Waals surface area contributed by atoms with Crippen molar-refractivity contribution >= 4 is 45.6 Å². The Balaban J connectivity index is 2.05. The van der Waals surface area contributed by atoms with Gasteiger partial charge in [-0.2, -0.15) is 0 Å². The number of rotatable bonds is 4. The smallest absolute Gasteiger partial charge is 0.247 e. The predicted octanol–water partition coefficient (Wildman–Crippen LogP) is 4.00. The van der Waals surface area contributed by atoms with Crippen molar-refractivity contribution in [2.24, 2.45) is 0 Å². The van der Waals surface area contributed by atoms with Crippen molar-refractivity contribution in [3.8, 4) is 5.75 Å². The van der Waals surface area contributed by atoms with Crippen molar-refractivity contribution in [1.29, 1.82) is 0 Å². The van der Waals surface area contributed by atoms with E-state index in [4.69, 9.17) is 11.6 Å². The van der Waals surface area contributed by atoms with Crippen molar-refractivity contribution < 1.29 is 14.3 Å². The summed E-state index contributed by atoms with van der Waals surface area (Å²) in [6, 6.07) is 7.09. The van der Waals surface area contributed by atoms with Gasteiger partial charge in [0.25, 0.3) is 0 Å². The Labute approximate surface area is 147 Å². The number of fused-ring (bicyclic) bond motifs is 1. The number of aromatic nitrogens is 2. The molecule has 0 atom stereocenters. The number of anilines is 3. The van der Waals surface area contributed by atoms with Crippen molar-refractivity contribution in [2.75, 3.05) is 10.6 Å². The number of aromatic hydroxyl groups is 1. The number of phenolic OH excluding ortho intramolecular Hbond substituents is 1. The highest BCUT2D eigenvalue weighted by Gasteiger charge is 2.11. The Hall–Kier alpha value is -3.19. The van der Waals surface area contributed by atoms with Crippen LogP contribution in [0.4, 0.5) is 21.6 Å². The van der Waals surface area contributed by atoms with Crippen molar-refractivity contribution in [3.05, 3.63) is 60.2 Å². The van der Waals surface area contributed by atoms with Gasteiger partial charge in [-0.15, -0.1) is 0 Å². The van der Waals surface area contributed by atoms with Crippen LogP contribution in [-0.4, -0.2) is 21.0 Å². The monoisotopic (exact) mass is 358 g/mol. The van der Waals surface area contributed by atoms with Gasteiger partial charge >= 0.3 is 0 Å². The minimum Gasteiger partial charge on any atom is -0.506 e. The first kappa shape index (κ1) is 16.7. The molecule has 0 saturated heterocycles. The molecule has 1 aromatic heterocycles. The zero-order chi connectivity index (χ0) is 18.0. The summed E-state index contributed by atoms with van der Waals surface area (Å²) in [7, 11) is 0. The largest absolute Gasteiger partial charge is 0.506 e. The van der Waals surface area contributed by atoms with E-state index in [1.807, 2.05) is 0 Å². The molecular formula is C17H12ClFN4O2. The summed E-state index contributed by atoms with van der Waals surface area (Å²) in [6.45, 7) is 3.36. The highest BCUT2D eigenvalue weighted by Crippen LogP contribution is 2.32. The minimum atomic E-state index is -0.529. The van der Waals surface area contributed by atoms with Crippen LogP contribution in [0.15, 0.2) is 49.3 Å². The van der Waals surface area contributed by atoms with Crippen molar-refractivity contribution in [3.63, 3.8) is 0 Å². The second kappa shape index (κ2) is 6.74. The normalized spacial score (nSPS) is 10.5. The molecule has 0 radical (unpaired) electrons. The second-order valence-electron chi connectivity index (χ2n) is 5.06. The molecule has 0 fully saturated rings. The first-order valence-corrected chi connectivity index (χ1v) is 7.49. The molecule has 1 amide bonds. The van der Waals surface area contributed by atoms with E-state index in [0.29, 0.717) is 22.4 Å². The van der Waals surface area contributed by atoms with Crippen LogP contribution >= 0.6 is 11.6 Å². The van der Waals surface area contributed by atoms with Gasteiger partial charge < -0.3 is 15.7 Å². The third-order valence-electron chi connectivity index (χ3n) is 3.38. The van der Waals surface area contributed by atoms with Crippen LogP contribution in [0.1, 0.15) is 0 Å². The van der Waals surface area contributed by atoms with E-state index in [0.717, 1.165) is 6.08 Å². The number of nitrogens with zero attached hydrogens (tertiary/aromatic N) is 2. The SMILES string of the molecule is C=CC(=O)Nc1cc2c(Nc3ccc(F)c(Cl)c3)ncnc2cc1O. The van der Waals surface area contributed by atoms with Crippen LogP contribution in [0.25, 0.3) is 10.9 Å². The van der Waals surface area contributed by atoms with Gasteiger partial charge in [0.05, 0.1) is 16.2 Å². The van der Waals surface area contributed by atoms with E-state index in [-0.39, 0.29) is 16.5 Å². The van der Waals surface area contributed by atoms with E-state index in [9.17, 15) is 14.3 Å². The Morgan fingerprint density at radius 2 is 2.08 bits per heavy atom. The molecule has 0 aliphatic rings. The van der Waals surface area contributed by atoms with Gasteiger partial charge in [-0.3, -0.25) is 4.79 Å². The van der Waals surface area contributed by atoms with Crippen LogP contribution in [0, 0.1) is 5.82 Å². The maximum absolute atomic E-state index is 13.3. The number of nitrogens with one attached hydrogen (secondary N) is 2. The summed E-state index contributed by atoms with van der Waals surface area (Å²) in [5.41, 5.74) is 1.17. The van der Waals surface area contributed by atoms with Gasteiger partial charge in [-0.05, 0) is 30.3 Å². The molecule has 0 unspecified atom stereocenters. The standard InChI is InChI=1S/C17H12ClFN4O2/c1-2-16(25)23-14-6-10-13(7-15(14)24)20-8-21-17(10)22-9-3-4-12(19)11(18)5-9/h2-8,24H,1H2,(H,23,25)(H,20,21,22). The molecule has 2 aromatic carbocycles. The fraction of sp³-hybridized carbons (Fsp3) is 0. The predicted molar refractivity (Wildman–Crippen MR) is 94.7 cm³/mol. The molecule has 3 rings (SSSR count). The number of halogens is 2. The third-order valence-corrected chi connectivity index (χ3v) is 3.67. The lowest BCUT2D eigenvalue weighted by molar-refractivity contribution is -0.111. The first-order chi connectivity index (χ1) is 12.0. The topological polar surface area (TPSA) is 87.1 Å². The number of hydrogen-bond acceptors (Lipinski definition) is 5. The molecule has 126 valence electrons.